The van der Waals surface area contributed by atoms with Crippen molar-refractivity contribution in [2.24, 2.45) is 0 Å². The lowest BCUT2D eigenvalue weighted by molar-refractivity contribution is -0.142. The summed E-state index contributed by atoms with van der Waals surface area (Å²) in [7, 11) is 0. The number of esters is 1. The van der Waals surface area contributed by atoms with Crippen molar-refractivity contribution in [3.63, 3.8) is 0 Å². The molecule has 0 rings (SSSR count). The largest absolute Gasteiger partial charge is 0.462 e. The lowest BCUT2D eigenvalue weighted by Gasteiger charge is -2.12. The molecule has 84 valence electrons. The molecule has 0 aromatic heterocycles. The van der Waals surface area contributed by atoms with Crippen LogP contribution in [0.1, 0.15) is 26.2 Å². The highest BCUT2D eigenvalue weighted by molar-refractivity contribution is 6.75. The first kappa shape index (κ1) is 14.6. The van der Waals surface area contributed by atoms with E-state index in [0.29, 0.717) is 6.42 Å². The number of hydrogen-bond acceptors (Lipinski definition) is 2. The predicted molar refractivity (Wildman–Crippen MR) is 60.4 cm³/mol. The summed E-state index contributed by atoms with van der Waals surface area (Å²) in [6.07, 6.45) is 2.45. The zero-order valence-corrected chi connectivity index (χ0v) is 10.8. The Kier molecular flexibility index (Phi) is 7.31. The summed E-state index contributed by atoms with van der Waals surface area (Å²) in [5, 5.41) is 0.00294. The van der Waals surface area contributed by atoms with Crippen LogP contribution in [0.4, 0.5) is 0 Å². The van der Waals surface area contributed by atoms with Crippen molar-refractivity contribution in [3.05, 3.63) is 0 Å². The molecule has 0 amide bonds. The molecule has 0 radical (unpaired) electrons. The smallest absolute Gasteiger partial charge is 0.358 e. The highest BCUT2D eigenvalue weighted by Gasteiger charge is 2.32. The minimum atomic E-state index is -1.99. The summed E-state index contributed by atoms with van der Waals surface area (Å²) in [6.45, 7) is 2.21. The number of hydrogen-bond donors (Lipinski definition) is 0. The lowest BCUT2D eigenvalue weighted by Crippen LogP contribution is -2.23. The Morgan fingerprint density at radius 1 is 1.36 bits per heavy atom. The lowest BCUT2D eigenvalue weighted by atomic mass is 10.2. The Morgan fingerprint density at radius 2 is 1.93 bits per heavy atom. The molecule has 1 atom stereocenters. The topological polar surface area (TPSA) is 26.3 Å². The third-order valence-electron chi connectivity index (χ3n) is 1.50. The molecule has 0 fully saturated rings. The minimum Gasteiger partial charge on any atom is -0.462 e. The van der Waals surface area contributed by atoms with Crippen molar-refractivity contribution in [1.29, 1.82) is 0 Å². The van der Waals surface area contributed by atoms with Crippen molar-refractivity contribution in [1.82, 2.24) is 0 Å². The molecule has 0 aromatic carbocycles. The molecule has 0 saturated heterocycles. The van der Waals surface area contributed by atoms with Gasteiger partial charge in [0.2, 0.25) is 0 Å². The average Bonchev–Trinajstić information content (AvgIpc) is 2.02. The van der Waals surface area contributed by atoms with E-state index < -0.39 is 9.76 Å². The fourth-order valence-corrected chi connectivity index (χ4v) is 1.29. The summed E-state index contributed by atoms with van der Waals surface area (Å²) in [5.74, 6) is -0.858. The maximum Gasteiger partial charge on any atom is 0.358 e. The summed E-state index contributed by atoms with van der Waals surface area (Å²) in [4.78, 5) is 10.9. The van der Waals surface area contributed by atoms with Gasteiger partial charge < -0.3 is 4.74 Å². The van der Waals surface area contributed by atoms with Crippen LogP contribution in [0, 0.1) is 0 Å². The van der Waals surface area contributed by atoms with Crippen molar-refractivity contribution in [2.45, 2.75) is 35.4 Å². The van der Waals surface area contributed by atoms with E-state index in [1.807, 2.05) is 6.92 Å². The normalized spacial score (nSPS) is 13.8. The summed E-state index contributed by atoms with van der Waals surface area (Å²) < 4.78 is 2.71. The van der Waals surface area contributed by atoms with Gasteiger partial charge >= 0.3 is 5.97 Å². The summed E-state index contributed by atoms with van der Waals surface area (Å²) >= 11 is 21.7. The van der Waals surface area contributed by atoms with Crippen molar-refractivity contribution < 1.29 is 9.53 Å². The van der Waals surface area contributed by atoms with Crippen molar-refractivity contribution in [3.8, 4) is 0 Å². The number of rotatable bonds is 5. The zero-order valence-electron chi connectivity index (χ0n) is 7.73. The van der Waals surface area contributed by atoms with E-state index >= 15 is 0 Å². The third-order valence-corrected chi connectivity index (χ3v) is 2.40. The van der Waals surface area contributed by atoms with Crippen LogP contribution in [0.2, 0.25) is 0 Å². The van der Waals surface area contributed by atoms with E-state index in [2.05, 4.69) is 0 Å². The van der Waals surface area contributed by atoms with Gasteiger partial charge in [-0.15, -0.1) is 11.6 Å². The van der Waals surface area contributed by atoms with Crippen LogP contribution in [-0.2, 0) is 9.53 Å². The Morgan fingerprint density at radius 3 is 2.36 bits per heavy atom. The molecular weight excluding hydrogens is 270 g/mol. The van der Waals surface area contributed by atoms with E-state index in [1.54, 1.807) is 0 Å². The van der Waals surface area contributed by atoms with Gasteiger partial charge in [0.05, 0.1) is 6.61 Å². The van der Waals surface area contributed by atoms with E-state index in [-0.39, 0.29) is 12.0 Å². The van der Waals surface area contributed by atoms with Crippen molar-refractivity contribution in [2.75, 3.05) is 6.61 Å². The molecule has 0 aliphatic rings. The minimum absolute atomic E-state index is 0.00294. The molecule has 14 heavy (non-hydrogen) atoms. The molecule has 2 nitrogen and oxygen atoms in total. The molecule has 1 unspecified atom stereocenters. The van der Waals surface area contributed by atoms with Gasteiger partial charge in [-0.2, -0.15) is 0 Å². The summed E-state index contributed by atoms with van der Waals surface area (Å²) in [6, 6.07) is 0. The van der Waals surface area contributed by atoms with Crippen LogP contribution >= 0.6 is 46.4 Å². The van der Waals surface area contributed by atoms with Crippen LogP contribution in [0.3, 0.4) is 0 Å². The third kappa shape index (κ3) is 6.99. The van der Waals surface area contributed by atoms with E-state index in [4.69, 9.17) is 51.1 Å². The van der Waals surface area contributed by atoms with Crippen LogP contribution < -0.4 is 0 Å². The second-order valence-corrected chi connectivity index (χ2v) is 5.71. The van der Waals surface area contributed by atoms with Crippen LogP contribution in [-0.4, -0.2) is 21.7 Å². The van der Waals surface area contributed by atoms with Gasteiger partial charge in [-0.25, -0.2) is 4.79 Å². The fourth-order valence-electron chi connectivity index (χ4n) is 0.819. The molecule has 0 bridgehead atoms. The van der Waals surface area contributed by atoms with Gasteiger partial charge in [0.25, 0.3) is 3.79 Å². The molecule has 0 spiro atoms. The molecule has 0 saturated carbocycles. The summed E-state index contributed by atoms with van der Waals surface area (Å²) in [5.41, 5.74) is 0. The van der Waals surface area contributed by atoms with E-state index in [0.717, 1.165) is 12.8 Å². The van der Waals surface area contributed by atoms with Crippen molar-refractivity contribution >= 4 is 52.4 Å². The Balaban J connectivity index is 3.59. The molecule has 6 heteroatoms. The molecule has 0 N–H and O–H groups in total. The first-order chi connectivity index (χ1) is 6.38. The van der Waals surface area contributed by atoms with E-state index in [1.165, 1.54) is 0 Å². The molecule has 0 aliphatic carbocycles. The SMILES string of the molecule is CCCC(Cl)CCOC(=O)C(Cl)(Cl)Cl. The Hall–Kier alpha value is 0.630. The monoisotopic (exact) mass is 280 g/mol. The standard InChI is InChI=1S/C8H12Cl4O2/c1-2-3-6(9)4-5-14-7(13)8(10,11)12/h6H,2-5H2,1H3. The predicted octanol–water partition coefficient (Wildman–Crippen LogP) is 3.70. The van der Waals surface area contributed by atoms with Gasteiger partial charge in [0, 0.05) is 5.38 Å². The van der Waals surface area contributed by atoms with E-state index in [9.17, 15) is 4.79 Å². The van der Waals surface area contributed by atoms with Gasteiger partial charge in [-0.05, 0) is 12.8 Å². The highest BCUT2D eigenvalue weighted by atomic mass is 35.6. The zero-order chi connectivity index (χ0) is 11.2. The Bertz CT molecular complexity index is 179. The van der Waals surface area contributed by atoms with Gasteiger partial charge in [-0.3, -0.25) is 0 Å². The van der Waals surface area contributed by atoms with Crippen LogP contribution in [0.25, 0.3) is 0 Å². The maximum absolute atomic E-state index is 10.9. The first-order valence-electron chi connectivity index (χ1n) is 4.26. The number of halogens is 4. The Labute approximate surface area is 104 Å². The quantitative estimate of drug-likeness (QED) is 0.567. The number of carbonyl (C=O) groups excluding carboxylic acids is 1. The number of alkyl halides is 4. The van der Waals surface area contributed by atoms with Gasteiger partial charge in [0.15, 0.2) is 0 Å². The molecular formula is C8H12Cl4O2. The second-order valence-electron chi connectivity index (χ2n) is 2.81. The molecule has 0 aromatic rings. The van der Waals surface area contributed by atoms with Gasteiger partial charge in [-0.1, -0.05) is 48.1 Å². The van der Waals surface area contributed by atoms with Crippen LogP contribution in [0.15, 0.2) is 0 Å². The highest BCUT2D eigenvalue weighted by Crippen LogP contribution is 2.27. The fraction of sp³-hybridized carbons (Fsp3) is 0.875. The first-order valence-corrected chi connectivity index (χ1v) is 5.83. The van der Waals surface area contributed by atoms with Gasteiger partial charge in [0.1, 0.15) is 0 Å². The van der Waals surface area contributed by atoms with Crippen LogP contribution in [0.5, 0.6) is 0 Å². The number of carbonyl (C=O) groups is 1. The maximum atomic E-state index is 10.9. The average molecular weight is 282 g/mol. The molecule has 0 aliphatic heterocycles. The molecule has 0 heterocycles. The number of ether oxygens (including phenoxy) is 1. The second kappa shape index (κ2) is 7.00.